The highest BCUT2D eigenvalue weighted by Crippen LogP contribution is 2.20. The number of hydrogen-bond acceptors (Lipinski definition) is 3. The lowest BCUT2D eigenvalue weighted by atomic mass is 10.1. The highest BCUT2D eigenvalue weighted by Gasteiger charge is 2.19. The second kappa shape index (κ2) is 5.73. The SMILES string of the molecule is CNC(=O)c1ccc(C(=O)NC2CCCC2)c(N)c1. The number of carbonyl (C=O) groups excluding carboxylic acids is 2. The van der Waals surface area contributed by atoms with Gasteiger partial charge in [-0.25, -0.2) is 0 Å². The van der Waals surface area contributed by atoms with Gasteiger partial charge in [0.1, 0.15) is 0 Å². The van der Waals surface area contributed by atoms with Crippen LogP contribution in [0.5, 0.6) is 0 Å². The Kier molecular flexibility index (Phi) is 4.04. The van der Waals surface area contributed by atoms with Gasteiger partial charge in [0.2, 0.25) is 0 Å². The third-order valence-electron chi connectivity index (χ3n) is 3.48. The van der Waals surface area contributed by atoms with Crippen molar-refractivity contribution in [3.63, 3.8) is 0 Å². The monoisotopic (exact) mass is 261 g/mol. The molecule has 0 aliphatic heterocycles. The third kappa shape index (κ3) is 3.05. The van der Waals surface area contributed by atoms with Gasteiger partial charge in [0.05, 0.1) is 5.56 Å². The zero-order chi connectivity index (χ0) is 13.8. The summed E-state index contributed by atoms with van der Waals surface area (Å²) in [5, 5.41) is 5.50. The van der Waals surface area contributed by atoms with Crippen LogP contribution in [0.2, 0.25) is 0 Å². The Bertz CT molecular complexity index is 493. The van der Waals surface area contributed by atoms with Crippen molar-refractivity contribution in [1.29, 1.82) is 0 Å². The molecule has 0 saturated heterocycles. The lowest BCUT2D eigenvalue weighted by Crippen LogP contribution is -2.33. The van der Waals surface area contributed by atoms with Gasteiger partial charge in [0.25, 0.3) is 11.8 Å². The Morgan fingerprint density at radius 1 is 1.21 bits per heavy atom. The van der Waals surface area contributed by atoms with E-state index in [9.17, 15) is 9.59 Å². The number of hydrogen-bond donors (Lipinski definition) is 3. The first-order valence-electron chi connectivity index (χ1n) is 6.54. The molecule has 1 fully saturated rings. The molecule has 2 rings (SSSR count). The highest BCUT2D eigenvalue weighted by atomic mass is 16.2. The van der Waals surface area contributed by atoms with Crippen LogP contribution < -0.4 is 16.4 Å². The van der Waals surface area contributed by atoms with Crippen LogP contribution in [0.4, 0.5) is 5.69 Å². The van der Waals surface area contributed by atoms with Crippen LogP contribution in [-0.2, 0) is 0 Å². The lowest BCUT2D eigenvalue weighted by molar-refractivity contribution is 0.0934. The van der Waals surface area contributed by atoms with Gasteiger partial charge >= 0.3 is 0 Å². The van der Waals surface area contributed by atoms with Crippen LogP contribution in [0.1, 0.15) is 46.4 Å². The quantitative estimate of drug-likeness (QED) is 0.717. The third-order valence-corrected chi connectivity index (χ3v) is 3.48. The molecule has 4 N–H and O–H groups in total. The van der Waals surface area contributed by atoms with Crippen molar-refractivity contribution in [2.24, 2.45) is 0 Å². The van der Waals surface area contributed by atoms with Gasteiger partial charge in [-0.3, -0.25) is 9.59 Å². The van der Waals surface area contributed by atoms with Crippen LogP contribution >= 0.6 is 0 Å². The Morgan fingerprint density at radius 2 is 1.89 bits per heavy atom. The van der Waals surface area contributed by atoms with Gasteiger partial charge in [0, 0.05) is 24.3 Å². The van der Waals surface area contributed by atoms with Gasteiger partial charge in [-0.05, 0) is 31.0 Å². The van der Waals surface area contributed by atoms with Crippen LogP contribution in [-0.4, -0.2) is 24.9 Å². The van der Waals surface area contributed by atoms with Crippen LogP contribution in [0.25, 0.3) is 0 Å². The summed E-state index contributed by atoms with van der Waals surface area (Å²) in [6.07, 6.45) is 4.38. The molecule has 0 radical (unpaired) electrons. The van der Waals surface area contributed by atoms with E-state index in [0.717, 1.165) is 25.7 Å². The number of rotatable bonds is 3. The number of carbonyl (C=O) groups is 2. The van der Waals surface area contributed by atoms with Gasteiger partial charge in [-0.1, -0.05) is 12.8 Å². The van der Waals surface area contributed by atoms with Crippen molar-refractivity contribution < 1.29 is 9.59 Å². The van der Waals surface area contributed by atoms with Crippen molar-refractivity contribution in [2.75, 3.05) is 12.8 Å². The number of nitrogen functional groups attached to an aromatic ring is 1. The smallest absolute Gasteiger partial charge is 0.253 e. The molecule has 2 amide bonds. The predicted octanol–water partition coefficient (Wildman–Crippen LogP) is 1.30. The van der Waals surface area contributed by atoms with E-state index in [1.165, 1.54) is 6.07 Å². The van der Waals surface area contributed by atoms with Gasteiger partial charge < -0.3 is 16.4 Å². The average molecular weight is 261 g/mol. The molecule has 1 aliphatic carbocycles. The van der Waals surface area contributed by atoms with E-state index >= 15 is 0 Å². The summed E-state index contributed by atoms with van der Waals surface area (Å²) in [5.41, 5.74) is 7.06. The molecule has 0 atom stereocenters. The molecule has 1 aliphatic rings. The van der Waals surface area contributed by atoms with E-state index in [-0.39, 0.29) is 17.9 Å². The summed E-state index contributed by atoms with van der Waals surface area (Å²) in [7, 11) is 1.55. The van der Waals surface area contributed by atoms with E-state index in [2.05, 4.69) is 10.6 Å². The van der Waals surface area contributed by atoms with Crippen molar-refractivity contribution >= 4 is 17.5 Å². The maximum Gasteiger partial charge on any atom is 0.253 e. The maximum atomic E-state index is 12.1. The molecule has 0 spiro atoms. The number of benzene rings is 1. The molecule has 1 saturated carbocycles. The summed E-state index contributed by atoms with van der Waals surface area (Å²) in [5.74, 6) is -0.373. The fourth-order valence-electron chi connectivity index (χ4n) is 2.39. The predicted molar refractivity (Wildman–Crippen MR) is 74.0 cm³/mol. The van der Waals surface area contributed by atoms with Crippen molar-refractivity contribution in [1.82, 2.24) is 10.6 Å². The van der Waals surface area contributed by atoms with Gasteiger partial charge in [-0.15, -0.1) is 0 Å². The number of anilines is 1. The second-order valence-electron chi connectivity index (χ2n) is 4.84. The van der Waals surface area contributed by atoms with E-state index in [1.807, 2.05) is 0 Å². The lowest BCUT2D eigenvalue weighted by Gasteiger charge is -2.13. The van der Waals surface area contributed by atoms with Crippen LogP contribution in [0, 0.1) is 0 Å². The summed E-state index contributed by atoms with van der Waals surface area (Å²) in [6, 6.07) is 5.00. The molecule has 5 nitrogen and oxygen atoms in total. The second-order valence-corrected chi connectivity index (χ2v) is 4.84. The zero-order valence-corrected chi connectivity index (χ0v) is 11.0. The fraction of sp³-hybridized carbons (Fsp3) is 0.429. The molecule has 19 heavy (non-hydrogen) atoms. The Hall–Kier alpha value is -2.04. The molecule has 5 heteroatoms. The molecular weight excluding hydrogens is 242 g/mol. The molecule has 102 valence electrons. The van der Waals surface area contributed by atoms with Crippen molar-refractivity contribution in [3.8, 4) is 0 Å². The van der Waals surface area contributed by atoms with Crippen molar-refractivity contribution in [2.45, 2.75) is 31.7 Å². The molecule has 0 bridgehead atoms. The van der Waals surface area contributed by atoms with E-state index in [1.54, 1.807) is 19.2 Å². The standard InChI is InChI=1S/C14H19N3O2/c1-16-13(18)9-6-7-11(12(15)8-9)14(19)17-10-4-2-3-5-10/h6-8,10H,2-5,15H2,1H3,(H,16,18)(H,17,19). The molecular formula is C14H19N3O2. The van der Waals surface area contributed by atoms with Crippen LogP contribution in [0.3, 0.4) is 0 Å². The molecule has 1 aromatic carbocycles. The van der Waals surface area contributed by atoms with E-state index in [0.29, 0.717) is 16.8 Å². The summed E-state index contributed by atoms with van der Waals surface area (Å²) < 4.78 is 0. The number of nitrogens with two attached hydrogens (primary N) is 1. The Balaban J connectivity index is 2.11. The van der Waals surface area contributed by atoms with Gasteiger partial charge in [-0.2, -0.15) is 0 Å². The molecule has 0 heterocycles. The topological polar surface area (TPSA) is 84.2 Å². The normalized spacial score (nSPS) is 15.2. The largest absolute Gasteiger partial charge is 0.398 e. The minimum absolute atomic E-state index is 0.159. The first-order valence-corrected chi connectivity index (χ1v) is 6.54. The van der Waals surface area contributed by atoms with Crippen molar-refractivity contribution in [3.05, 3.63) is 29.3 Å². The van der Waals surface area contributed by atoms with E-state index < -0.39 is 0 Å². The first kappa shape index (κ1) is 13.4. The minimum Gasteiger partial charge on any atom is -0.398 e. The number of nitrogens with one attached hydrogen (secondary N) is 2. The summed E-state index contributed by atoms with van der Waals surface area (Å²) in [6.45, 7) is 0. The Labute approximate surface area is 112 Å². The summed E-state index contributed by atoms with van der Waals surface area (Å²) >= 11 is 0. The molecule has 0 unspecified atom stereocenters. The average Bonchev–Trinajstić information content (AvgIpc) is 2.90. The fourth-order valence-corrected chi connectivity index (χ4v) is 2.39. The zero-order valence-electron chi connectivity index (χ0n) is 11.0. The minimum atomic E-state index is -0.213. The molecule has 0 aromatic heterocycles. The van der Waals surface area contributed by atoms with E-state index in [4.69, 9.17) is 5.73 Å². The maximum absolute atomic E-state index is 12.1. The van der Waals surface area contributed by atoms with Gasteiger partial charge in [0.15, 0.2) is 0 Å². The molecule has 1 aromatic rings. The first-order chi connectivity index (χ1) is 9.11. The summed E-state index contributed by atoms with van der Waals surface area (Å²) in [4.78, 5) is 23.5. The number of amides is 2. The Morgan fingerprint density at radius 3 is 2.47 bits per heavy atom. The highest BCUT2D eigenvalue weighted by molar-refractivity contribution is 6.02. The van der Waals surface area contributed by atoms with Crippen LogP contribution in [0.15, 0.2) is 18.2 Å².